The summed E-state index contributed by atoms with van der Waals surface area (Å²) in [5, 5.41) is 5.83. The highest BCUT2D eigenvalue weighted by atomic mass is 35.5. The first kappa shape index (κ1) is 33.9. The molecule has 2 heterocycles. The van der Waals surface area contributed by atoms with Crippen LogP contribution in [-0.2, 0) is 29.3 Å². The van der Waals surface area contributed by atoms with E-state index in [4.69, 9.17) is 27.9 Å². The van der Waals surface area contributed by atoms with Gasteiger partial charge in [0.05, 0.1) is 15.7 Å². The summed E-state index contributed by atoms with van der Waals surface area (Å²) < 4.78 is 35.6. The summed E-state index contributed by atoms with van der Waals surface area (Å²) in [4.78, 5) is 54.8. The highest BCUT2D eigenvalue weighted by Crippen LogP contribution is 2.45. The van der Waals surface area contributed by atoms with Gasteiger partial charge in [0.15, 0.2) is 6.10 Å². The fourth-order valence-electron chi connectivity index (χ4n) is 5.45. The second kappa shape index (κ2) is 13.5. The monoisotopic (exact) mass is 671 g/mol. The van der Waals surface area contributed by atoms with Crippen molar-refractivity contribution in [2.45, 2.75) is 95.4 Å². The van der Waals surface area contributed by atoms with E-state index in [0.29, 0.717) is 32.1 Å². The SMILES string of the molecule is CC(C)(C)NC(=O)O[C@H]1CCCCCC=C[C@@H]2C[C@@]2(C(=O)NS(=O)(=O)Nc2ccc(Cl)c(Cl)c2)NC(=O)[C@@H]2CCCN2C1=O. The number of nitrogens with zero attached hydrogens (tertiary/aromatic N) is 1. The molecule has 0 radical (unpaired) electrons. The van der Waals surface area contributed by atoms with Gasteiger partial charge in [0.1, 0.15) is 11.6 Å². The van der Waals surface area contributed by atoms with Crippen LogP contribution in [0.2, 0.25) is 10.0 Å². The van der Waals surface area contributed by atoms with Gasteiger partial charge in [-0.25, -0.2) is 9.52 Å². The number of nitrogens with one attached hydrogen (secondary N) is 4. The number of carbonyl (C=O) groups is 4. The van der Waals surface area contributed by atoms with Crippen LogP contribution in [-0.4, -0.2) is 66.9 Å². The topological polar surface area (TPSA) is 163 Å². The van der Waals surface area contributed by atoms with E-state index in [2.05, 4.69) is 15.4 Å². The molecule has 2 aliphatic heterocycles. The van der Waals surface area contributed by atoms with Crippen molar-refractivity contribution in [3.63, 3.8) is 0 Å². The Balaban J connectivity index is 1.53. The number of ether oxygens (including phenoxy) is 1. The summed E-state index contributed by atoms with van der Waals surface area (Å²) >= 11 is 11.9. The number of hydrogen-bond donors (Lipinski definition) is 4. The molecule has 0 unspecified atom stereocenters. The zero-order valence-corrected chi connectivity index (χ0v) is 27.3. The smallest absolute Gasteiger partial charge is 0.408 e. The van der Waals surface area contributed by atoms with Crippen LogP contribution >= 0.6 is 23.2 Å². The van der Waals surface area contributed by atoms with E-state index in [-0.39, 0.29) is 28.7 Å². The van der Waals surface area contributed by atoms with E-state index in [0.717, 1.165) is 12.8 Å². The normalized spacial score (nSPS) is 26.3. The molecule has 2 fully saturated rings. The number of benzene rings is 1. The lowest BCUT2D eigenvalue weighted by Crippen LogP contribution is -2.57. The Kier molecular flexibility index (Phi) is 10.4. The first-order chi connectivity index (χ1) is 20.6. The minimum Gasteiger partial charge on any atom is -0.436 e. The Morgan fingerprint density at radius 3 is 2.52 bits per heavy atom. The molecule has 3 aliphatic rings. The number of hydrogen-bond acceptors (Lipinski definition) is 7. The Morgan fingerprint density at radius 1 is 1.07 bits per heavy atom. The summed E-state index contributed by atoms with van der Waals surface area (Å²) in [6.07, 6.45) is 6.18. The lowest BCUT2D eigenvalue weighted by Gasteiger charge is -2.30. The number of amides is 4. The van der Waals surface area contributed by atoms with Crippen molar-refractivity contribution in [3.05, 3.63) is 40.4 Å². The third-order valence-corrected chi connectivity index (χ3v) is 9.41. The van der Waals surface area contributed by atoms with E-state index in [1.54, 1.807) is 20.8 Å². The summed E-state index contributed by atoms with van der Waals surface area (Å²) in [5.74, 6) is -2.41. The molecule has 4 N–H and O–H groups in total. The molecule has 1 aromatic carbocycles. The molecule has 0 aromatic heterocycles. The third kappa shape index (κ3) is 8.57. The number of allylic oxidation sites excluding steroid dienone is 1. The van der Waals surface area contributed by atoms with Gasteiger partial charge in [-0.1, -0.05) is 41.8 Å². The van der Waals surface area contributed by atoms with E-state index in [1.807, 2.05) is 16.9 Å². The number of carbonyl (C=O) groups excluding carboxylic acids is 4. The van der Waals surface area contributed by atoms with Gasteiger partial charge >= 0.3 is 16.3 Å². The molecule has 4 amide bonds. The lowest BCUT2D eigenvalue weighted by atomic mass is 10.1. The van der Waals surface area contributed by atoms with Gasteiger partial charge in [-0.15, -0.1) is 0 Å². The number of anilines is 1. The number of alkyl carbamates (subject to hydrolysis) is 1. The molecule has 4 rings (SSSR count). The van der Waals surface area contributed by atoms with Gasteiger partial charge in [-0.05, 0) is 83.9 Å². The Bertz CT molecular complexity index is 1430. The minimum absolute atomic E-state index is 0.0867. The van der Waals surface area contributed by atoms with Crippen LogP contribution < -0.4 is 20.1 Å². The van der Waals surface area contributed by atoms with Crippen molar-refractivity contribution in [2.24, 2.45) is 5.92 Å². The Labute approximate surface area is 267 Å². The molecule has 242 valence electrons. The minimum atomic E-state index is -4.41. The average molecular weight is 673 g/mol. The van der Waals surface area contributed by atoms with Crippen molar-refractivity contribution in [1.29, 1.82) is 0 Å². The summed E-state index contributed by atoms with van der Waals surface area (Å²) in [5.41, 5.74) is -2.01. The van der Waals surface area contributed by atoms with E-state index < -0.39 is 63.2 Å². The zero-order chi connectivity index (χ0) is 32.3. The van der Waals surface area contributed by atoms with E-state index in [9.17, 15) is 27.6 Å². The summed E-state index contributed by atoms with van der Waals surface area (Å²) in [7, 11) is -4.41. The van der Waals surface area contributed by atoms with Gasteiger partial charge in [0.25, 0.3) is 11.8 Å². The van der Waals surface area contributed by atoms with Crippen LogP contribution in [0.15, 0.2) is 30.4 Å². The second-order valence-corrected chi connectivity index (χ2v) is 14.7. The Hall–Kier alpha value is -3.03. The molecule has 1 aromatic rings. The van der Waals surface area contributed by atoms with Crippen LogP contribution in [0.3, 0.4) is 0 Å². The predicted octanol–water partition coefficient (Wildman–Crippen LogP) is 4.05. The number of fused-ring (bicyclic) bond motifs is 2. The first-order valence-corrected chi connectivity index (χ1v) is 16.9. The second-order valence-electron chi connectivity index (χ2n) is 12.5. The highest BCUT2D eigenvalue weighted by molar-refractivity contribution is 7.91. The van der Waals surface area contributed by atoms with Crippen molar-refractivity contribution < 1.29 is 32.3 Å². The maximum atomic E-state index is 13.7. The number of halogens is 2. The fourth-order valence-corrected chi connectivity index (χ4v) is 6.67. The van der Waals surface area contributed by atoms with Crippen LogP contribution in [0.1, 0.15) is 72.1 Å². The van der Waals surface area contributed by atoms with Crippen LogP contribution in [0.4, 0.5) is 10.5 Å². The third-order valence-electron chi connectivity index (χ3n) is 7.71. The molecule has 1 saturated heterocycles. The van der Waals surface area contributed by atoms with Gasteiger partial charge in [0.2, 0.25) is 5.91 Å². The van der Waals surface area contributed by atoms with Crippen LogP contribution in [0.5, 0.6) is 0 Å². The van der Waals surface area contributed by atoms with Gasteiger partial charge < -0.3 is 20.3 Å². The maximum absolute atomic E-state index is 13.7. The first-order valence-electron chi connectivity index (χ1n) is 14.7. The lowest BCUT2D eigenvalue weighted by molar-refractivity contribution is -0.146. The molecule has 15 heteroatoms. The van der Waals surface area contributed by atoms with Crippen molar-refractivity contribution >= 4 is 62.9 Å². The molecular formula is C29H39Cl2N5O7S. The molecule has 0 bridgehead atoms. The van der Waals surface area contributed by atoms with Crippen LogP contribution in [0, 0.1) is 5.92 Å². The molecule has 1 aliphatic carbocycles. The summed E-state index contributed by atoms with van der Waals surface area (Å²) in [6.45, 7) is 5.67. The van der Waals surface area contributed by atoms with E-state index >= 15 is 0 Å². The molecule has 1 saturated carbocycles. The van der Waals surface area contributed by atoms with Gasteiger partial charge in [-0.2, -0.15) is 8.42 Å². The largest absolute Gasteiger partial charge is 0.436 e. The highest BCUT2D eigenvalue weighted by Gasteiger charge is 2.61. The van der Waals surface area contributed by atoms with Gasteiger partial charge in [0, 0.05) is 18.0 Å². The maximum Gasteiger partial charge on any atom is 0.408 e. The number of rotatable bonds is 5. The zero-order valence-electron chi connectivity index (χ0n) is 25.0. The Morgan fingerprint density at radius 2 is 1.82 bits per heavy atom. The quantitative estimate of drug-likeness (QED) is 0.343. The van der Waals surface area contributed by atoms with Crippen molar-refractivity contribution in [3.8, 4) is 0 Å². The predicted molar refractivity (Wildman–Crippen MR) is 166 cm³/mol. The van der Waals surface area contributed by atoms with Crippen molar-refractivity contribution in [2.75, 3.05) is 11.3 Å². The van der Waals surface area contributed by atoms with Crippen molar-refractivity contribution in [1.82, 2.24) is 20.3 Å². The van der Waals surface area contributed by atoms with E-state index in [1.165, 1.54) is 23.1 Å². The fraction of sp³-hybridized carbons (Fsp3) is 0.586. The molecule has 4 atom stereocenters. The van der Waals surface area contributed by atoms with Crippen LogP contribution in [0.25, 0.3) is 0 Å². The molecule has 44 heavy (non-hydrogen) atoms. The standard InChI is InChI=1S/C29H39Cl2N5O7S/c1-28(2,3)33-27(40)43-23-12-8-6-4-5-7-10-18-17-29(18,32-24(37)22-11-9-15-36(22)25(23)38)26(39)35-44(41,42)34-19-13-14-20(30)21(31)16-19/h7,10,13-14,16,18,22-23,34H,4-6,8-9,11-12,15,17H2,1-3H3,(H,32,37)(H,33,40)(H,35,39)/t18-,22+,23+,29-/m1/s1. The molecule has 0 spiro atoms. The average Bonchev–Trinajstić information content (AvgIpc) is 3.37. The molecule has 12 nitrogen and oxygen atoms in total. The summed E-state index contributed by atoms with van der Waals surface area (Å²) in [6, 6.07) is 3.19. The molecular weight excluding hydrogens is 633 g/mol. The van der Waals surface area contributed by atoms with Gasteiger partial charge in [-0.3, -0.25) is 19.1 Å².